The number of urea groups is 1. The summed E-state index contributed by atoms with van der Waals surface area (Å²) in [6, 6.07) is 18.9. The summed E-state index contributed by atoms with van der Waals surface area (Å²) in [7, 11) is 0. The van der Waals surface area contributed by atoms with Crippen LogP contribution in [0.15, 0.2) is 66.0 Å². The van der Waals surface area contributed by atoms with Gasteiger partial charge in [-0.25, -0.2) is 4.79 Å². The molecule has 0 bridgehead atoms. The van der Waals surface area contributed by atoms with Crippen molar-refractivity contribution in [1.82, 2.24) is 4.90 Å². The molecule has 136 valence electrons. The first kappa shape index (κ1) is 17.3. The second-order valence-electron chi connectivity index (χ2n) is 6.38. The summed E-state index contributed by atoms with van der Waals surface area (Å²) < 4.78 is 0. The van der Waals surface area contributed by atoms with E-state index in [2.05, 4.69) is 22.8 Å². The van der Waals surface area contributed by atoms with Crippen LogP contribution in [-0.4, -0.2) is 23.4 Å². The van der Waals surface area contributed by atoms with Gasteiger partial charge in [-0.3, -0.25) is 4.79 Å². The first-order chi connectivity index (χ1) is 13.2. The fourth-order valence-corrected chi connectivity index (χ4v) is 3.77. The Morgan fingerprint density at radius 3 is 2.44 bits per heavy atom. The van der Waals surface area contributed by atoms with Gasteiger partial charge in [0.2, 0.25) is 0 Å². The molecule has 0 atom stereocenters. The van der Waals surface area contributed by atoms with Crippen molar-refractivity contribution in [3.05, 3.63) is 82.0 Å². The Morgan fingerprint density at radius 1 is 0.889 bits per heavy atom. The summed E-state index contributed by atoms with van der Waals surface area (Å²) >= 11 is 1.39. The molecule has 0 spiro atoms. The molecule has 6 heteroatoms. The minimum Gasteiger partial charge on any atom is -0.321 e. The molecule has 3 amide bonds. The highest BCUT2D eigenvalue weighted by Crippen LogP contribution is 2.21. The largest absolute Gasteiger partial charge is 0.322 e. The predicted molar refractivity (Wildman–Crippen MR) is 108 cm³/mol. The molecular weight excluding hydrogens is 358 g/mol. The van der Waals surface area contributed by atoms with E-state index in [1.54, 1.807) is 23.1 Å². The molecule has 2 aromatic carbocycles. The summed E-state index contributed by atoms with van der Waals surface area (Å²) in [6.45, 7) is 1.30. The molecule has 5 nitrogen and oxygen atoms in total. The van der Waals surface area contributed by atoms with E-state index < -0.39 is 0 Å². The van der Waals surface area contributed by atoms with Crippen molar-refractivity contribution in [2.75, 3.05) is 17.2 Å². The van der Waals surface area contributed by atoms with Crippen molar-refractivity contribution in [2.45, 2.75) is 13.0 Å². The number of anilines is 2. The van der Waals surface area contributed by atoms with Gasteiger partial charge in [-0.05, 0) is 47.2 Å². The third-order valence-electron chi connectivity index (χ3n) is 4.53. The Kier molecular flexibility index (Phi) is 4.89. The summed E-state index contributed by atoms with van der Waals surface area (Å²) in [5.74, 6) is -0.152. The quantitative estimate of drug-likeness (QED) is 0.701. The smallest absolute Gasteiger partial charge is 0.321 e. The van der Waals surface area contributed by atoms with Gasteiger partial charge in [0.15, 0.2) is 0 Å². The molecule has 0 aliphatic carbocycles. The Labute approximate surface area is 161 Å². The van der Waals surface area contributed by atoms with Crippen LogP contribution >= 0.6 is 11.3 Å². The van der Waals surface area contributed by atoms with Crippen LogP contribution < -0.4 is 10.6 Å². The summed E-state index contributed by atoms with van der Waals surface area (Å²) in [5.41, 5.74) is 3.80. The molecule has 2 heterocycles. The Balaban J connectivity index is 1.41. The lowest BCUT2D eigenvalue weighted by molar-refractivity contribution is 0.103. The van der Waals surface area contributed by atoms with Gasteiger partial charge in [0.25, 0.3) is 5.91 Å². The number of amides is 3. The lowest BCUT2D eigenvalue weighted by atomic mass is 10.0. The number of hydrogen-bond acceptors (Lipinski definition) is 3. The Morgan fingerprint density at radius 2 is 1.67 bits per heavy atom. The third kappa shape index (κ3) is 4.01. The second kappa shape index (κ2) is 7.63. The van der Waals surface area contributed by atoms with Gasteiger partial charge in [-0.15, -0.1) is 11.3 Å². The van der Waals surface area contributed by atoms with Crippen molar-refractivity contribution in [3.63, 3.8) is 0 Å². The molecule has 3 aromatic rings. The van der Waals surface area contributed by atoms with Crippen molar-refractivity contribution in [2.24, 2.45) is 0 Å². The molecule has 0 unspecified atom stereocenters. The predicted octanol–water partition coefficient (Wildman–Crippen LogP) is 4.59. The fraction of sp³-hybridized carbons (Fsp3) is 0.143. The fourth-order valence-electron chi connectivity index (χ4n) is 3.15. The number of thiophene rings is 1. The highest BCUT2D eigenvalue weighted by atomic mass is 32.1. The molecule has 0 saturated heterocycles. The minimum atomic E-state index is -0.152. The maximum Gasteiger partial charge on any atom is 0.322 e. The standard InChI is InChI=1S/C21H19N3O2S/c25-20(19-9-4-12-27-19)22-17-7-3-8-18(13-17)23-21(26)24-11-10-15-5-1-2-6-16(15)14-24/h1-9,12-13H,10-11,14H2,(H,22,25)(H,23,26). The van der Waals surface area contributed by atoms with E-state index in [0.717, 1.165) is 6.42 Å². The number of rotatable bonds is 3. The normalized spacial score (nSPS) is 13.0. The summed E-state index contributed by atoms with van der Waals surface area (Å²) in [4.78, 5) is 27.3. The number of benzene rings is 2. The topological polar surface area (TPSA) is 61.4 Å². The molecule has 1 aliphatic heterocycles. The lowest BCUT2D eigenvalue weighted by Crippen LogP contribution is -2.38. The first-order valence-electron chi connectivity index (χ1n) is 8.77. The highest BCUT2D eigenvalue weighted by molar-refractivity contribution is 7.12. The van der Waals surface area contributed by atoms with E-state index >= 15 is 0 Å². The molecule has 0 radical (unpaired) electrons. The lowest BCUT2D eigenvalue weighted by Gasteiger charge is -2.29. The van der Waals surface area contributed by atoms with E-state index in [1.807, 2.05) is 35.7 Å². The molecule has 27 heavy (non-hydrogen) atoms. The monoisotopic (exact) mass is 377 g/mol. The number of fused-ring (bicyclic) bond motifs is 1. The molecule has 1 aliphatic rings. The van der Waals surface area contributed by atoms with E-state index in [9.17, 15) is 9.59 Å². The third-order valence-corrected chi connectivity index (χ3v) is 5.40. The van der Waals surface area contributed by atoms with Gasteiger partial charge < -0.3 is 15.5 Å². The summed E-state index contributed by atoms with van der Waals surface area (Å²) in [5, 5.41) is 7.65. The van der Waals surface area contributed by atoms with Crippen LogP contribution in [-0.2, 0) is 13.0 Å². The number of nitrogens with zero attached hydrogens (tertiary/aromatic N) is 1. The highest BCUT2D eigenvalue weighted by Gasteiger charge is 2.20. The van der Waals surface area contributed by atoms with E-state index in [1.165, 1.54) is 22.5 Å². The van der Waals surface area contributed by atoms with Crippen LogP contribution in [0.25, 0.3) is 0 Å². The average molecular weight is 377 g/mol. The van der Waals surface area contributed by atoms with Crippen LogP contribution in [0.3, 0.4) is 0 Å². The first-order valence-corrected chi connectivity index (χ1v) is 9.64. The second-order valence-corrected chi connectivity index (χ2v) is 7.33. The molecule has 2 N–H and O–H groups in total. The zero-order valence-electron chi connectivity index (χ0n) is 14.6. The average Bonchev–Trinajstić information content (AvgIpc) is 3.23. The Bertz CT molecular complexity index is 969. The number of carbonyl (C=O) groups is 2. The van der Waals surface area contributed by atoms with E-state index in [-0.39, 0.29) is 11.9 Å². The van der Waals surface area contributed by atoms with Crippen LogP contribution in [0.5, 0.6) is 0 Å². The minimum absolute atomic E-state index is 0.133. The number of hydrogen-bond donors (Lipinski definition) is 2. The maximum atomic E-state index is 12.6. The van der Waals surface area contributed by atoms with Crippen molar-refractivity contribution in [3.8, 4) is 0 Å². The van der Waals surface area contributed by atoms with Crippen LogP contribution in [0, 0.1) is 0 Å². The van der Waals surface area contributed by atoms with Gasteiger partial charge in [-0.2, -0.15) is 0 Å². The van der Waals surface area contributed by atoms with Gasteiger partial charge in [-0.1, -0.05) is 36.4 Å². The maximum absolute atomic E-state index is 12.6. The summed E-state index contributed by atoms with van der Waals surface area (Å²) in [6.07, 6.45) is 0.862. The number of carbonyl (C=O) groups excluding carboxylic acids is 2. The van der Waals surface area contributed by atoms with E-state index in [4.69, 9.17) is 0 Å². The molecule has 1 aromatic heterocycles. The molecular formula is C21H19N3O2S. The molecule has 0 fully saturated rings. The van der Waals surface area contributed by atoms with Crippen molar-refractivity contribution in [1.29, 1.82) is 0 Å². The van der Waals surface area contributed by atoms with Gasteiger partial charge >= 0.3 is 6.03 Å². The zero-order chi connectivity index (χ0) is 18.6. The van der Waals surface area contributed by atoms with Crippen LogP contribution in [0.4, 0.5) is 16.2 Å². The zero-order valence-corrected chi connectivity index (χ0v) is 15.5. The van der Waals surface area contributed by atoms with Crippen LogP contribution in [0.2, 0.25) is 0 Å². The van der Waals surface area contributed by atoms with Gasteiger partial charge in [0.05, 0.1) is 4.88 Å². The van der Waals surface area contributed by atoms with E-state index in [0.29, 0.717) is 29.3 Å². The molecule has 0 saturated carbocycles. The van der Waals surface area contributed by atoms with Gasteiger partial charge in [0, 0.05) is 24.5 Å². The Hall–Kier alpha value is -3.12. The van der Waals surface area contributed by atoms with Crippen molar-refractivity contribution < 1.29 is 9.59 Å². The van der Waals surface area contributed by atoms with Crippen molar-refractivity contribution >= 4 is 34.6 Å². The van der Waals surface area contributed by atoms with Gasteiger partial charge in [0.1, 0.15) is 0 Å². The van der Waals surface area contributed by atoms with Crippen LogP contribution in [0.1, 0.15) is 20.8 Å². The SMILES string of the molecule is O=C(Nc1cccc(NC(=O)N2CCc3ccccc3C2)c1)c1cccs1. The number of nitrogens with one attached hydrogen (secondary N) is 2. The molecule has 4 rings (SSSR count).